The van der Waals surface area contributed by atoms with Crippen molar-refractivity contribution < 1.29 is 24.2 Å². The van der Waals surface area contributed by atoms with Crippen LogP contribution in [0.5, 0.6) is 5.75 Å². The predicted octanol–water partition coefficient (Wildman–Crippen LogP) is 3.35. The van der Waals surface area contributed by atoms with Gasteiger partial charge in [-0.25, -0.2) is 14.6 Å². The van der Waals surface area contributed by atoms with Crippen LogP contribution >= 0.6 is 0 Å². The molecule has 222 valence electrons. The van der Waals surface area contributed by atoms with E-state index in [-0.39, 0.29) is 36.3 Å². The molecule has 4 heterocycles. The summed E-state index contributed by atoms with van der Waals surface area (Å²) in [5.74, 6) is -0.338. The van der Waals surface area contributed by atoms with Gasteiger partial charge >= 0.3 is 12.1 Å². The van der Waals surface area contributed by atoms with Gasteiger partial charge in [0.1, 0.15) is 12.4 Å². The number of hydrogen-bond acceptors (Lipinski definition) is 9. The highest BCUT2D eigenvalue weighted by Crippen LogP contribution is 2.40. The van der Waals surface area contributed by atoms with Crippen LogP contribution in [0.15, 0.2) is 53.3 Å². The molecular formula is C32H33N5O6. The Balaban J connectivity index is 1.39. The van der Waals surface area contributed by atoms with Gasteiger partial charge in [0.25, 0.3) is 5.56 Å². The van der Waals surface area contributed by atoms with Crippen LogP contribution in [-0.2, 0) is 41.4 Å². The molecular weight excluding hydrogens is 550 g/mol. The van der Waals surface area contributed by atoms with Crippen LogP contribution in [0.2, 0.25) is 0 Å². The van der Waals surface area contributed by atoms with E-state index in [2.05, 4.69) is 0 Å². The number of pyridine rings is 2. The van der Waals surface area contributed by atoms with Crippen molar-refractivity contribution in [3.8, 4) is 17.1 Å². The Labute approximate surface area is 248 Å². The van der Waals surface area contributed by atoms with Gasteiger partial charge in [-0.1, -0.05) is 19.1 Å². The van der Waals surface area contributed by atoms with E-state index in [0.717, 1.165) is 22.1 Å². The van der Waals surface area contributed by atoms with E-state index in [4.69, 9.17) is 20.2 Å². The Kier molecular flexibility index (Phi) is 6.94. The number of ether oxygens (including phenoxy) is 2. The fourth-order valence-corrected chi connectivity index (χ4v) is 5.80. The molecule has 0 bridgehead atoms. The number of benzene rings is 2. The number of amides is 1. The number of fused-ring (bicyclic) bond motifs is 5. The van der Waals surface area contributed by atoms with Gasteiger partial charge in [0.05, 0.1) is 29.0 Å². The summed E-state index contributed by atoms with van der Waals surface area (Å²) in [6.45, 7) is 2.59. The first-order chi connectivity index (χ1) is 20.5. The number of cyclic esters (lactones) is 1. The Hall–Kier alpha value is -4.74. The maximum Gasteiger partial charge on any atom is 0.415 e. The first kappa shape index (κ1) is 28.4. The topological polar surface area (TPSA) is 140 Å². The summed E-state index contributed by atoms with van der Waals surface area (Å²) < 4.78 is 12.7. The molecule has 0 aliphatic carbocycles. The first-order valence-corrected chi connectivity index (χ1v) is 14.0. The van der Waals surface area contributed by atoms with Gasteiger partial charge in [0.2, 0.25) is 0 Å². The van der Waals surface area contributed by atoms with Gasteiger partial charge in [-0.2, -0.15) is 0 Å². The van der Waals surface area contributed by atoms with Crippen molar-refractivity contribution in [3.05, 3.63) is 86.7 Å². The standard InChI is InChI=1S/C32H33N5O6/c1-5-32(41)24-13-26-28-19(15-37(26)29(38)23(24)17-42-30(32)39)12-21-22(16-35(2)3)27(11-10-25(21)34-28)43-31(40)36(4)14-18-6-8-20(33)9-7-18/h6-13,41H,5,14-17,33H2,1-4H3/t32-/m0/s1. The molecule has 2 aliphatic rings. The zero-order valence-corrected chi connectivity index (χ0v) is 24.5. The molecule has 1 atom stereocenters. The van der Waals surface area contributed by atoms with Gasteiger partial charge < -0.3 is 34.7 Å². The maximum atomic E-state index is 13.5. The number of aromatic nitrogens is 2. The zero-order chi connectivity index (χ0) is 30.6. The van der Waals surface area contributed by atoms with E-state index in [1.807, 2.05) is 37.2 Å². The average Bonchev–Trinajstić information content (AvgIpc) is 3.34. The van der Waals surface area contributed by atoms with Crippen LogP contribution in [0, 0.1) is 0 Å². The molecule has 0 unspecified atom stereocenters. The summed E-state index contributed by atoms with van der Waals surface area (Å²) in [6.07, 6.45) is -0.431. The molecule has 4 aromatic rings. The lowest BCUT2D eigenvalue weighted by Crippen LogP contribution is -2.44. The molecule has 0 fully saturated rings. The summed E-state index contributed by atoms with van der Waals surface area (Å²) in [4.78, 5) is 47.5. The van der Waals surface area contributed by atoms with Gasteiger partial charge in [0, 0.05) is 47.9 Å². The van der Waals surface area contributed by atoms with Crippen LogP contribution in [0.1, 0.15) is 41.2 Å². The highest BCUT2D eigenvalue weighted by molar-refractivity contribution is 5.90. The summed E-state index contributed by atoms with van der Waals surface area (Å²) in [5.41, 5.74) is 9.09. The van der Waals surface area contributed by atoms with Crippen LogP contribution in [-0.4, -0.2) is 57.7 Å². The van der Waals surface area contributed by atoms with Crippen LogP contribution < -0.4 is 16.0 Å². The Bertz CT molecular complexity index is 1850. The summed E-state index contributed by atoms with van der Waals surface area (Å²) in [5, 5.41) is 11.9. The molecule has 0 spiro atoms. The quantitative estimate of drug-likeness (QED) is 0.227. The third kappa shape index (κ3) is 4.80. The third-order valence-corrected chi connectivity index (χ3v) is 8.14. The van der Waals surface area contributed by atoms with Crippen LogP contribution in [0.4, 0.5) is 10.5 Å². The first-order valence-electron chi connectivity index (χ1n) is 14.0. The number of nitrogen functional groups attached to an aromatic ring is 1. The van der Waals surface area contributed by atoms with Gasteiger partial charge in [-0.05, 0) is 62.5 Å². The number of esters is 1. The highest BCUT2D eigenvalue weighted by atomic mass is 16.6. The van der Waals surface area contributed by atoms with Gasteiger partial charge in [0.15, 0.2) is 5.60 Å². The number of carbonyl (C=O) groups excluding carboxylic acids is 2. The van der Waals surface area contributed by atoms with Crippen molar-refractivity contribution in [3.63, 3.8) is 0 Å². The van der Waals surface area contributed by atoms with E-state index >= 15 is 0 Å². The number of carbonyl (C=O) groups is 2. The van der Waals surface area contributed by atoms with Crippen molar-refractivity contribution in [1.29, 1.82) is 0 Å². The molecule has 3 N–H and O–H groups in total. The summed E-state index contributed by atoms with van der Waals surface area (Å²) in [6, 6.07) is 14.5. The van der Waals surface area contributed by atoms with Crippen LogP contribution in [0.3, 0.4) is 0 Å². The van der Waals surface area contributed by atoms with E-state index in [1.165, 1.54) is 4.90 Å². The largest absolute Gasteiger partial charge is 0.458 e. The minimum Gasteiger partial charge on any atom is -0.458 e. The van der Waals surface area contributed by atoms with Crippen molar-refractivity contribution >= 4 is 28.7 Å². The molecule has 11 nitrogen and oxygen atoms in total. The zero-order valence-electron chi connectivity index (χ0n) is 24.5. The fraction of sp³-hybridized carbons (Fsp3) is 0.312. The van der Waals surface area contributed by atoms with E-state index in [1.54, 1.807) is 48.9 Å². The second kappa shape index (κ2) is 10.5. The number of nitrogens with zero attached hydrogens (tertiary/aromatic N) is 4. The second-order valence-corrected chi connectivity index (χ2v) is 11.4. The Morgan fingerprint density at radius 2 is 1.86 bits per heavy atom. The third-order valence-electron chi connectivity index (χ3n) is 8.14. The molecule has 0 saturated carbocycles. The second-order valence-electron chi connectivity index (χ2n) is 11.4. The normalized spacial score (nSPS) is 16.9. The van der Waals surface area contributed by atoms with Crippen LogP contribution in [0.25, 0.3) is 22.3 Å². The molecule has 1 amide bonds. The SMILES string of the molecule is CC[C@@]1(O)C(=O)OCc2c1cc1n(c2=O)Cc2cc3c(CN(C)C)c(OC(=O)N(C)Cc4ccc(N)cc4)ccc3nc2-1. The highest BCUT2D eigenvalue weighted by Gasteiger charge is 2.45. The maximum absolute atomic E-state index is 13.5. The predicted molar refractivity (Wildman–Crippen MR) is 160 cm³/mol. The van der Waals surface area contributed by atoms with Crippen molar-refractivity contribution in [2.45, 2.75) is 45.2 Å². The van der Waals surface area contributed by atoms with Crippen molar-refractivity contribution in [2.75, 3.05) is 26.9 Å². The molecule has 11 heteroatoms. The minimum atomic E-state index is -1.89. The van der Waals surface area contributed by atoms with Crippen molar-refractivity contribution in [2.24, 2.45) is 0 Å². The number of nitrogens with two attached hydrogens (primary N) is 1. The molecule has 0 saturated heterocycles. The average molecular weight is 584 g/mol. The molecule has 43 heavy (non-hydrogen) atoms. The number of rotatable bonds is 6. The molecule has 0 radical (unpaired) electrons. The molecule has 6 rings (SSSR count). The lowest BCUT2D eigenvalue weighted by atomic mass is 9.86. The summed E-state index contributed by atoms with van der Waals surface area (Å²) >= 11 is 0. The Morgan fingerprint density at radius 1 is 1.12 bits per heavy atom. The lowest BCUT2D eigenvalue weighted by molar-refractivity contribution is -0.172. The monoisotopic (exact) mass is 583 g/mol. The number of hydrogen-bond donors (Lipinski definition) is 2. The van der Waals surface area contributed by atoms with E-state index in [0.29, 0.717) is 41.4 Å². The Morgan fingerprint density at radius 3 is 2.56 bits per heavy atom. The smallest absolute Gasteiger partial charge is 0.415 e. The molecule has 2 aliphatic heterocycles. The van der Waals surface area contributed by atoms with Gasteiger partial charge in [-0.15, -0.1) is 0 Å². The number of aliphatic hydroxyl groups is 1. The van der Waals surface area contributed by atoms with Crippen molar-refractivity contribution in [1.82, 2.24) is 19.4 Å². The van der Waals surface area contributed by atoms with Gasteiger partial charge in [-0.3, -0.25) is 4.79 Å². The minimum absolute atomic E-state index is 0.0737. The molecule has 2 aromatic carbocycles. The lowest BCUT2D eigenvalue weighted by Gasteiger charge is -2.31. The summed E-state index contributed by atoms with van der Waals surface area (Å²) in [7, 11) is 5.53. The number of anilines is 1. The van der Waals surface area contributed by atoms with E-state index in [9.17, 15) is 19.5 Å². The van der Waals surface area contributed by atoms with E-state index < -0.39 is 17.7 Å². The molecule has 2 aromatic heterocycles. The fourth-order valence-electron chi connectivity index (χ4n) is 5.80.